The number of furan rings is 1. The topological polar surface area (TPSA) is 88.6 Å². The lowest BCUT2D eigenvalue weighted by atomic mass is 10.0. The molecule has 1 atom stereocenters. The van der Waals surface area contributed by atoms with Gasteiger partial charge in [0.05, 0.1) is 6.07 Å². The molecule has 7 heteroatoms. The molecule has 1 aromatic rings. The van der Waals surface area contributed by atoms with Gasteiger partial charge in [-0.15, -0.1) is 0 Å². The number of carbonyl (C=O) groups is 1. The van der Waals surface area contributed by atoms with E-state index in [0.29, 0.717) is 13.1 Å². The minimum absolute atomic E-state index is 0.0226. The standard InChI is InChI=1S/C13H19N3O4/c1-2-15(9-10-5-3-4-8-14-10)13(17)11-6-7-12(20-11)16(18)19/h6-7,10,14H,2-5,8-9H2,1H3. The van der Waals surface area contributed by atoms with Gasteiger partial charge in [0.15, 0.2) is 5.76 Å². The first-order valence-electron chi connectivity index (χ1n) is 6.88. The fourth-order valence-electron chi connectivity index (χ4n) is 2.40. The monoisotopic (exact) mass is 281 g/mol. The minimum Gasteiger partial charge on any atom is -0.395 e. The molecule has 20 heavy (non-hydrogen) atoms. The van der Waals surface area contributed by atoms with Crippen molar-refractivity contribution >= 4 is 11.8 Å². The fraction of sp³-hybridized carbons (Fsp3) is 0.615. The molecule has 1 aliphatic rings. The quantitative estimate of drug-likeness (QED) is 0.656. The summed E-state index contributed by atoms with van der Waals surface area (Å²) in [6.45, 7) is 4.01. The molecule has 7 nitrogen and oxygen atoms in total. The van der Waals surface area contributed by atoms with E-state index in [-0.39, 0.29) is 17.7 Å². The lowest BCUT2D eigenvalue weighted by Crippen LogP contribution is -2.45. The molecule has 1 aromatic heterocycles. The molecule has 0 bridgehead atoms. The molecule has 2 rings (SSSR count). The molecule has 0 saturated carbocycles. The highest BCUT2D eigenvalue weighted by Crippen LogP contribution is 2.18. The van der Waals surface area contributed by atoms with Crippen LogP contribution in [0, 0.1) is 10.1 Å². The number of hydrogen-bond donors (Lipinski definition) is 1. The number of likely N-dealkylation sites (N-methyl/N-ethyl adjacent to an activating group) is 1. The summed E-state index contributed by atoms with van der Waals surface area (Å²) in [6.07, 6.45) is 3.37. The number of piperidine rings is 1. The van der Waals surface area contributed by atoms with Crippen LogP contribution in [0.15, 0.2) is 16.5 Å². The van der Waals surface area contributed by atoms with Crippen molar-refractivity contribution in [2.45, 2.75) is 32.2 Å². The summed E-state index contributed by atoms with van der Waals surface area (Å²) in [4.78, 5) is 23.9. The van der Waals surface area contributed by atoms with Gasteiger partial charge in [-0.25, -0.2) is 0 Å². The Morgan fingerprint density at radius 3 is 2.90 bits per heavy atom. The number of amides is 1. The first-order chi connectivity index (χ1) is 9.61. The van der Waals surface area contributed by atoms with Gasteiger partial charge in [-0.3, -0.25) is 14.9 Å². The van der Waals surface area contributed by atoms with E-state index in [1.165, 1.54) is 18.6 Å². The Kier molecular flexibility index (Phi) is 4.73. The molecule has 1 unspecified atom stereocenters. The van der Waals surface area contributed by atoms with Crippen molar-refractivity contribution in [1.82, 2.24) is 10.2 Å². The molecule has 110 valence electrons. The van der Waals surface area contributed by atoms with Gasteiger partial charge in [-0.1, -0.05) is 6.42 Å². The predicted molar refractivity (Wildman–Crippen MR) is 72.6 cm³/mol. The highest BCUT2D eigenvalue weighted by Gasteiger charge is 2.24. The zero-order chi connectivity index (χ0) is 14.5. The highest BCUT2D eigenvalue weighted by molar-refractivity contribution is 5.91. The van der Waals surface area contributed by atoms with Crippen molar-refractivity contribution in [1.29, 1.82) is 0 Å². The number of rotatable bonds is 5. The third kappa shape index (κ3) is 3.36. The van der Waals surface area contributed by atoms with Crippen LogP contribution < -0.4 is 5.32 Å². The van der Waals surface area contributed by atoms with Crippen LogP contribution >= 0.6 is 0 Å². The smallest absolute Gasteiger partial charge is 0.395 e. The molecule has 1 amide bonds. The summed E-state index contributed by atoms with van der Waals surface area (Å²) in [5.74, 6) is -0.678. The molecule has 0 aliphatic carbocycles. The lowest BCUT2D eigenvalue weighted by Gasteiger charge is -2.29. The van der Waals surface area contributed by atoms with Gasteiger partial charge in [0, 0.05) is 19.1 Å². The number of nitro groups is 1. The van der Waals surface area contributed by atoms with Crippen molar-refractivity contribution < 1.29 is 14.1 Å². The van der Waals surface area contributed by atoms with E-state index in [4.69, 9.17) is 4.42 Å². The maximum atomic E-state index is 12.3. The van der Waals surface area contributed by atoms with Crippen molar-refractivity contribution in [2.24, 2.45) is 0 Å². The van der Waals surface area contributed by atoms with E-state index in [9.17, 15) is 14.9 Å². The van der Waals surface area contributed by atoms with Crippen LogP contribution in [0.3, 0.4) is 0 Å². The number of hydrogen-bond acceptors (Lipinski definition) is 5. The van der Waals surface area contributed by atoms with Crippen molar-refractivity contribution in [3.05, 3.63) is 28.0 Å². The Bertz CT molecular complexity index is 480. The first kappa shape index (κ1) is 14.5. The number of nitrogens with one attached hydrogen (secondary N) is 1. The lowest BCUT2D eigenvalue weighted by molar-refractivity contribution is -0.402. The molecule has 1 saturated heterocycles. The summed E-state index contributed by atoms with van der Waals surface area (Å²) in [6, 6.07) is 2.86. The SMILES string of the molecule is CCN(CC1CCCCN1)C(=O)c1ccc([N+](=O)[O-])o1. The first-order valence-corrected chi connectivity index (χ1v) is 6.88. The molecule has 1 aliphatic heterocycles. The van der Waals surface area contributed by atoms with Crippen LogP contribution in [0.2, 0.25) is 0 Å². The van der Waals surface area contributed by atoms with Gasteiger partial charge in [0.1, 0.15) is 4.92 Å². The van der Waals surface area contributed by atoms with Gasteiger partial charge in [-0.2, -0.15) is 0 Å². The summed E-state index contributed by atoms with van der Waals surface area (Å²) < 4.78 is 4.97. The van der Waals surface area contributed by atoms with Crippen LogP contribution in [0.4, 0.5) is 5.88 Å². The number of nitrogens with zero attached hydrogens (tertiary/aromatic N) is 2. The zero-order valence-electron chi connectivity index (χ0n) is 11.5. The van der Waals surface area contributed by atoms with Crippen molar-refractivity contribution in [2.75, 3.05) is 19.6 Å². The Labute approximate surface area is 117 Å². The molecule has 0 radical (unpaired) electrons. The van der Waals surface area contributed by atoms with E-state index in [0.717, 1.165) is 19.4 Å². The summed E-state index contributed by atoms with van der Waals surface area (Å²) in [5.41, 5.74) is 0. The van der Waals surface area contributed by atoms with Gasteiger partial charge < -0.3 is 14.6 Å². The number of carbonyl (C=O) groups excluding carboxylic acids is 1. The summed E-state index contributed by atoms with van der Waals surface area (Å²) in [5, 5.41) is 14.0. The third-order valence-electron chi connectivity index (χ3n) is 3.50. The van der Waals surface area contributed by atoms with Crippen LogP contribution in [-0.2, 0) is 0 Å². The average Bonchev–Trinajstić information content (AvgIpc) is 2.95. The average molecular weight is 281 g/mol. The third-order valence-corrected chi connectivity index (χ3v) is 3.50. The normalized spacial score (nSPS) is 18.8. The second-order valence-electron chi connectivity index (χ2n) is 4.89. The largest absolute Gasteiger partial charge is 0.433 e. The minimum atomic E-state index is -0.643. The molecule has 2 heterocycles. The zero-order valence-corrected chi connectivity index (χ0v) is 11.5. The van der Waals surface area contributed by atoms with Crippen LogP contribution in [-0.4, -0.2) is 41.4 Å². The molecular weight excluding hydrogens is 262 g/mol. The van der Waals surface area contributed by atoms with Crippen LogP contribution in [0.5, 0.6) is 0 Å². The van der Waals surface area contributed by atoms with Crippen LogP contribution in [0.1, 0.15) is 36.7 Å². The van der Waals surface area contributed by atoms with E-state index in [1.54, 1.807) is 4.90 Å². The van der Waals surface area contributed by atoms with Crippen molar-refractivity contribution in [3.8, 4) is 0 Å². The summed E-state index contributed by atoms with van der Waals surface area (Å²) in [7, 11) is 0. The van der Waals surface area contributed by atoms with E-state index >= 15 is 0 Å². The molecule has 0 aromatic carbocycles. The highest BCUT2D eigenvalue weighted by atomic mass is 16.6. The molecular formula is C13H19N3O4. The van der Waals surface area contributed by atoms with Gasteiger partial charge in [0.25, 0.3) is 5.91 Å². The van der Waals surface area contributed by atoms with Gasteiger partial charge in [-0.05, 0) is 32.4 Å². The van der Waals surface area contributed by atoms with Gasteiger partial charge in [0.2, 0.25) is 0 Å². The molecule has 1 N–H and O–H groups in total. The van der Waals surface area contributed by atoms with E-state index < -0.39 is 10.8 Å². The fourth-order valence-corrected chi connectivity index (χ4v) is 2.40. The van der Waals surface area contributed by atoms with Crippen LogP contribution in [0.25, 0.3) is 0 Å². The Morgan fingerprint density at radius 1 is 1.55 bits per heavy atom. The summed E-state index contributed by atoms with van der Waals surface area (Å²) >= 11 is 0. The maximum absolute atomic E-state index is 12.3. The Hall–Kier alpha value is -1.89. The second kappa shape index (κ2) is 6.51. The molecule has 1 fully saturated rings. The van der Waals surface area contributed by atoms with Crippen molar-refractivity contribution in [3.63, 3.8) is 0 Å². The predicted octanol–water partition coefficient (Wildman–Crippen LogP) is 1.79. The van der Waals surface area contributed by atoms with E-state index in [2.05, 4.69) is 5.32 Å². The molecule has 0 spiro atoms. The second-order valence-corrected chi connectivity index (χ2v) is 4.89. The maximum Gasteiger partial charge on any atom is 0.433 e. The Balaban J connectivity index is 2.01. The van der Waals surface area contributed by atoms with Gasteiger partial charge >= 0.3 is 5.88 Å². The Morgan fingerprint density at radius 2 is 2.35 bits per heavy atom. The van der Waals surface area contributed by atoms with E-state index in [1.807, 2.05) is 6.92 Å².